The standard InChI is InChI=1S/C13H9ClF3NO2/c1-7-4-8(14)6-9(5-7)20-11-10(13(15,16)17)2-3-18-12(11)19/h2-6H,1H3,(H,18,19). The highest BCUT2D eigenvalue weighted by molar-refractivity contribution is 6.30. The normalized spacial score (nSPS) is 11.4. The van der Waals surface area contributed by atoms with Crippen molar-refractivity contribution in [2.75, 3.05) is 0 Å². The maximum atomic E-state index is 12.8. The molecule has 1 N–H and O–H groups in total. The number of rotatable bonds is 2. The first kappa shape index (κ1) is 14.5. The van der Waals surface area contributed by atoms with Crippen LogP contribution < -0.4 is 10.3 Å². The van der Waals surface area contributed by atoms with Crippen molar-refractivity contribution in [1.29, 1.82) is 0 Å². The highest BCUT2D eigenvalue weighted by Gasteiger charge is 2.35. The van der Waals surface area contributed by atoms with Gasteiger partial charge in [-0.15, -0.1) is 0 Å². The second-order valence-electron chi connectivity index (χ2n) is 4.11. The molecule has 0 aliphatic rings. The summed E-state index contributed by atoms with van der Waals surface area (Å²) < 4.78 is 43.6. The molecule has 0 atom stereocenters. The number of halogens is 4. The Morgan fingerprint density at radius 2 is 1.95 bits per heavy atom. The van der Waals surface area contributed by atoms with E-state index in [-0.39, 0.29) is 5.75 Å². The van der Waals surface area contributed by atoms with Crippen LogP contribution in [0.15, 0.2) is 35.3 Å². The molecule has 0 aliphatic heterocycles. The lowest BCUT2D eigenvalue weighted by molar-refractivity contribution is -0.138. The number of alkyl halides is 3. The van der Waals surface area contributed by atoms with Crippen LogP contribution in [0, 0.1) is 6.92 Å². The Hall–Kier alpha value is -1.95. The molecule has 0 amide bonds. The molecule has 0 saturated heterocycles. The first-order valence-electron chi connectivity index (χ1n) is 5.51. The SMILES string of the molecule is Cc1cc(Cl)cc(Oc2c(C(F)(F)F)cc[nH]c2=O)c1. The largest absolute Gasteiger partial charge is 0.451 e. The quantitative estimate of drug-likeness (QED) is 0.905. The van der Waals surface area contributed by atoms with Gasteiger partial charge in [-0.1, -0.05) is 11.6 Å². The van der Waals surface area contributed by atoms with E-state index in [1.165, 1.54) is 12.1 Å². The van der Waals surface area contributed by atoms with Crippen molar-refractivity contribution < 1.29 is 17.9 Å². The zero-order valence-electron chi connectivity index (χ0n) is 10.2. The summed E-state index contributed by atoms with van der Waals surface area (Å²) in [6.07, 6.45) is -3.77. The Balaban J connectivity index is 2.51. The van der Waals surface area contributed by atoms with Crippen molar-refractivity contribution in [1.82, 2.24) is 4.98 Å². The minimum atomic E-state index is -4.68. The van der Waals surface area contributed by atoms with Crippen molar-refractivity contribution in [2.24, 2.45) is 0 Å². The van der Waals surface area contributed by atoms with E-state index < -0.39 is 23.0 Å². The molecule has 0 fully saturated rings. The molecule has 7 heteroatoms. The molecule has 1 heterocycles. The van der Waals surface area contributed by atoms with Gasteiger partial charge in [0.2, 0.25) is 5.75 Å². The first-order valence-corrected chi connectivity index (χ1v) is 5.89. The second kappa shape index (κ2) is 5.20. The summed E-state index contributed by atoms with van der Waals surface area (Å²) in [5.74, 6) is -0.737. The van der Waals surface area contributed by atoms with Crippen molar-refractivity contribution in [3.8, 4) is 11.5 Å². The van der Waals surface area contributed by atoms with E-state index in [1.54, 1.807) is 13.0 Å². The van der Waals surface area contributed by atoms with E-state index >= 15 is 0 Å². The predicted molar refractivity (Wildman–Crippen MR) is 68.3 cm³/mol. The third kappa shape index (κ3) is 3.14. The fraction of sp³-hybridized carbons (Fsp3) is 0.154. The van der Waals surface area contributed by atoms with Gasteiger partial charge >= 0.3 is 6.18 Å². The molecule has 0 unspecified atom stereocenters. The Morgan fingerprint density at radius 1 is 1.25 bits per heavy atom. The average molecular weight is 304 g/mol. The van der Waals surface area contributed by atoms with Crippen molar-refractivity contribution >= 4 is 11.6 Å². The summed E-state index contributed by atoms with van der Waals surface area (Å²) >= 11 is 5.80. The molecule has 0 bridgehead atoms. The summed E-state index contributed by atoms with van der Waals surface area (Å²) in [6.45, 7) is 1.71. The van der Waals surface area contributed by atoms with Gasteiger partial charge in [-0.3, -0.25) is 4.79 Å². The van der Waals surface area contributed by atoms with Crippen LogP contribution >= 0.6 is 11.6 Å². The van der Waals surface area contributed by atoms with E-state index in [9.17, 15) is 18.0 Å². The van der Waals surface area contributed by atoms with E-state index in [0.29, 0.717) is 10.6 Å². The Kier molecular flexibility index (Phi) is 3.76. The first-order chi connectivity index (χ1) is 9.27. The van der Waals surface area contributed by atoms with Gasteiger partial charge in [0.25, 0.3) is 5.56 Å². The van der Waals surface area contributed by atoms with Crippen LogP contribution in [0.5, 0.6) is 11.5 Å². The van der Waals surface area contributed by atoms with Gasteiger partial charge in [0.05, 0.1) is 0 Å². The fourth-order valence-corrected chi connectivity index (χ4v) is 1.95. The lowest BCUT2D eigenvalue weighted by Gasteiger charge is -2.12. The number of aromatic amines is 1. The highest BCUT2D eigenvalue weighted by Crippen LogP contribution is 2.36. The van der Waals surface area contributed by atoms with Crippen LogP contribution in [-0.2, 0) is 6.18 Å². The monoisotopic (exact) mass is 303 g/mol. The molecular weight excluding hydrogens is 295 g/mol. The zero-order chi connectivity index (χ0) is 14.9. The van der Waals surface area contributed by atoms with Gasteiger partial charge in [0, 0.05) is 11.2 Å². The molecule has 2 rings (SSSR count). The minimum absolute atomic E-state index is 0.0669. The number of aromatic nitrogens is 1. The number of pyridine rings is 1. The molecule has 0 aliphatic carbocycles. The van der Waals surface area contributed by atoms with Gasteiger partial charge in [0.1, 0.15) is 11.3 Å². The maximum absolute atomic E-state index is 12.8. The molecule has 3 nitrogen and oxygen atoms in total. The maximum Gasteiger partial charge on any atom is 0.420 e. The summed E-state index contributed by atoms with van der Waals surface area (Å²) in [5, 5.41) is 0.306. The third-order valence-corrected chi connectivity index (χ3v) is 2.67. The van der Waals surface area contributed by atoms with E-state index in [4.69, 9.17) is 16.3 Å². The van der Waals surface area contributed by atoms with Crippen molar-refractivity contribution in [2.45, 2.75) is 13.1 Å². The van der Waals surface area contributed by atoms with Crippen LogP contribution in [0.3, 0.4) is 0 Å². The molecule has 1 aromatic heterocycles. The number of hydrogen-bond donors (Lipinski definition) is 1. The summed E-state index contributed by atoms with van der Waals surface area (Å²) in [5.41, 5.74) is -1.40. The molecule has 0 radical (unpaired) electrons. The van der Waals surface area contributed by atoms with E-state index in [0.717, 1.165) is 12.3 Å². The van der Waals surface area contributed by atoms with Crippen molar-refractivity contribution in [3.63, 3.8) is 0 Å². The number of hydrogen-bond acceptors (Lipinski definition) is 2. The van der Waals surface area contributed by atoms with Gasteiger partial charge in [-0.25, -0.2) is 0 Å². The van der Waals surface area contributed by atoms with E-state index in [2.05, 4.69) is 4.98 Å². The molecule has 1 aromatic carbocycles. The Bertz CT molecular complexity index is 674. The molecule has 20 heavy (non-hydrogen) atoms. The van der Waals surface area contributed by atoms with Crippen LogP contribution in [0.2, 0.25) is 5.02 Å². The number of benzene rings is 1. The predicted octanol–water partition coefficient (Wildman–Crippen LogP) is 4.15. The molecular formula is C13H9ClF3NO2. The molecule has 0 saturated carbocycles. The van der Waals surface area contributed by atoms with Gasteiger partial charge in [-0.05, 0) is 36.8 Å². The number of aryl methyl sites for hydroxylation is 1. The average Bonchev–Trinajstić information content (AvgIpc) is 2.29. The van der Waals surface area contributed by atoms with Gasteiger partial charge < -0.3 is 9.72 Å². The van der Waals surface area contributed by atoms with Crippen LogP contribution in [0.4, 0.5) is 13.2 Å². The highest BCUT2D eigenvalue weighted by atomic mass is 35.5. The second-order valence-corrected chi connectivity index (χ2v) is 4.55. The molecule has 0 spiro atoms. The smallest absolute Gasteiger partial charge is 0.420 e. The number of H-pyrrole nitrogens is 1. The number of ether oxygens (including phenoxy) is 1. The van der Waals surface area contributed by atoms with Crippen LogP contribution in [0.25, 0.3) is 0 Å². The summed E-state index contributed by atoms with van der Waals surface area (Å²) in [6, 6.07) is 5.18. The van der Waals surface area contributed by atoms with Crippen LogP contribution in [0.1, 0.15) is 11.1 Å². The van der Waals surface area contributed by atoms with Gasteiger partial charge in [-0.2, -0.15) is 13.2 Å². The Labute approximate surface area is 117 Å². The minimum Gasteiger partial charge on any atom is -0.451 e. The molecule has 106 valence electrons. The topological polar surface area (TPSA) is 42.1 Å². The zero-order valence-corrected chi connectivity index (χ0v) is 11.0. The van der Waals surface area contributed by atoms with E-state index in [1.807, 2.05) is 0 Å². The van der Waals surface area contributed by atoms with Crippen molar-refractivity contribution in [3.05, 3.63) is 57.0 Å². The number of nitrogens with one attached hydrogen (secondary N) is 1. The van der Waals surface area contributed by atoms with Crippen LogP contribution in [-0.4, -0.2) is 4.98 Å². The third-order valence-electron chi connectivity index (χ3n) is 2.46. The summed E-state index contributed by atoms with van der Waals surface area (Å²) in [7, 11) is 0. The fourth-order valence-electron chi connectivity index (χ4n) is 1.67. The molecule has 2 aromatic rings. The lowest BCUT2D eigenvalue weighted by atomic mass is 10.2. The summed E-state index contributed by atoms with van der Waals surface area (Å²) in [4.78, 5) is 13.7. The van der Waals surface area contributed by atoms with Gasteiger partial charge in [0.15, 0.2) is 0 Å². The Morgan fingerprint density at radius 3 is 2.55 bits per heavy atom. The lowest BCUT2D eigenvalue weighted by Crippen LogP contribution is -2.16.